The molecule has 0 aromatic carbocycles. The van der Waals surface area contributed by atoms with Gasteiger partial charge in [0.25, 0.3) is 0 Å². The second kappa shape index (κ2) is 9.24. The molecule has 0 radical (unpaired) electrons. The van der Waals surface area contributed by atoms with E-state index < -0.39 is 0 Å². The van der Waals surface area contributed by atoms with Gasteiger partial charge in [-0.25, -0.2) is 0 Å². The lowest BCUT2D eigenvalue weighted by molar-refractivity contribution is -0.130. The fourth-order valence-electron chi connectivity index (χ4n) is 1.40. The summed E-state index contributed by atoms with van der Waals surface area (Å²) < 4.78 is 0. The third kappa shape index (κ3) is 9.32. The van der Waals surface area contributed by atoms with Crippen molar-refractivity contribution in [3.05, 3.63) is 0 Å². The van der Waals surface area contributed by atoms with Gasteiger partial charge in [0.05, 0.1) is 11.1 Å². The second-order valence-electron chi connectivity index (χ2n) is 4.72. The van der Waals surface area contributed by atoms with Crippen LogP contribution in [-0.2, 0) is 4.79 Å². The highest BCUT2D eigenvalue weighted by atomic mass is 32.1. The molecule has 0 spiro atoms. The summed E-state index contributed by atoms with van der Waals surface area (Å²) in [5, 5.41) is 9.16. The number of nitrogens with two attached hydrogens (primary N) is 1. The summed E-state index contributed by atoms with van der Waals surface area (Å²) >= 11 is 4.77. The molecule has 0 aromatic heterocycles. The van der Waals surface area contributed by atoms with Gasteiger partial charge in [-0.2, -0.15) is 0 Å². The van der Waals surface area contributed by atoms with Crippen molar-refractivity contribution in [2.45, 2.75) is 32.3 Å². The minimum atomic E-state index is -0.295. The van der Waals surface area contributed by atoms with Gasteiger partial charge in [0.15, 0.2) is 0 Å². The number of carbonyl (C=O) groups is 1. The molecule has 1 atom stereocenters. The Morgan fingerprint density at radius 2 is 1.89 bits per heavy atom. The molecule has 0 fully saturated rings. The Hall–Kier alpha value is -0.720. The molecule has 0 aromatic rings. The molecule has 1 amide bonds. The number of aliphatic hydroxyl groups is 1. The quantitative estimate of drug-likeness (QED) is 0.589. The van der Waals surface area contributed by atoms with Crippen molar-refractivity contribution in [2.75, 3.05) is 33.7 Å². The van der Waals surface area contributed by atoms with E-state index in [1.165, 1.54) is 0 Å². The van der Waals surface area contributed by atoms with Gasteiger partial charge in [0.2, 0.25) is 5.91 Å². The maximum absolute atomic E-state index is 11.8. The molecule has 0 heterocycles. The predicted octanol–water partition coefficient (Wildman–Crippen LogP) is 0.214. The Balaban J connectivity index is 3.77. The van der Waals surface area contributed by atoms with Crippen LogP contribution in [0.5, 0.6) is 0 Å². The van der Waals surface area contributed by atoms with Crippen molar-refractivity contribution in [1.29, 1.82) is 0 Å². The zero-order valence-corrected chi connectivity index (χ0v) is 12.4. The molecule has 0 aliphatic heterocycles. The van der Waals surface area contributed by atoms with Crippen molar-refractivity contribution in [3.8, 4) is 0 Å². The van der Waals surface area contributed by atoms with Crippen LogP contribution in [0.1, 0.15) is 26.2 Å². The fourth-order valence-corrected chi connectivity index (χ4v) is 1.49. The van der Waals surface area contributed by atoms with Gasteiger partial charge in [-0.05, 0) is 20.4 Å². The minimum Gasteiger partial charge on any atom is -0.393 e. The molecule has 0 saturated carbocycles. The summed E-state index contributed by atoms with van der Waals surface area (Å²) in [5.41, 5.74) is 5.39. The van der Waals surface area contributed by atoms with E-state index in [1.54, 1.807) is 18.9 Å². The second-order valence-corrected chi connectivity index (χ2v) is 5.25. The minimum absolute atomic E-state index is 0.0927. The van der Waals surface area contributed by atoms with Crippen LogP contribution in [0.3, 0.4) is 0 Å². The Kier molecular flexibility index (Phi) is 8.87. The molecular weight excluding hydrogens is 250 g/mol. The van der Waals surface area contributed by atoms with E-state index in [2.05, 4.69) is 0 Å². The number of thiocarbonyl (C=S) groups is 1. The van der Waals surface area contributed by atoms with Crippen LogP contribution in [0.2, 0.25) is 0 Å². The summed E-state index contributed by atoms with van der Waals surface area (Å²) in [7, 11) is 3.71. The maximum atomic E-state index is 11.8. The van der Waals surface area contributed by atoms with E-state index >= 15 is 0 Å². The number of aliphatic hydroxyl groups excluding tert-OH is 1. The van der Waals surface area contributed by atoms with Crippen LogP contribution in [0.4, 0.5) is 0 Å². The Morgan fingerprint density at radius 1 is 1.28 bits per heavy atom. The van der Waals surface area contributed by atoms with Crippen LogP contribution in [0, 0.1) is 0 Å². The number of hydrogen-bond donors (Lipinski definition) is 2. The lowest BCUT2D eigenvalue weighted by atomic mass is 10.2. The first-order valence-electron chi connectivity index (χ1n) is 6.21. The van der Waals surface area contributed by atoms with Gasteiger partial charge in [-0.1, -0.05) is 12.2 Å². The first-order valence-corrected chi connectivity index (χ1v) is 6.62. The van der Waals surface area contributed by atoms with Crippen LogP contribution in [-0.4, -0.2) is 65.6 Å². The largest absolute Gasteiger partial charge is 0.393 e. The summed E-state index contributed by atoms with van der Waals surface area (Å²) in [6.45, 7) is 3.83. The number of carbonyl (C=O) groups excluding carboxylic acids is 1. The number of amides is 1. The van der Waals surface area contributed by atoms with Crippen molar-refractivity contribution in [1.82, 2.24) is 9.80 Å². The first kappa shape index (κ1) is 17.3. The van der Waals surface area contributed by atoms with Gasteiger partial charge in [-0.15, -0.1) is 0 Å². The van der Waals surface area contributed by atoms with E-state index in [9.17, 15) is 4.79 Å². The lowest BCUT2D eigenvalue weighted by Crippen LogP contribution is -2.33. The lowest BCUT2D eigenvalue weighted by Gasteiger charge is -2.20. The number of nitrogens with zero attached hydrogens (tertiary/aromatic N) is 2. The third-order valence-corrected chi connectivity index (χ3v) is 2.96. The molecular formula is C12H25N3O2S. The monoisotopic (exact) mass is 275 g/mol. The SMILES string of the molecule is CC(O)CCN(C)CCC(=O)N(C)CCC(N)=S. The molecule has 18 heavy (non-hydrogen) atoms. The highest BCUT2D eigenvalue weighted by Gasteiger charge is 2.10. The molecule has 106 valence electrons. The molecule has 0 bridgehead atoms. The van der Waals surface area contributed by atoms with Crippen molar-refractivity contribution < 1.29 is 9.90 Å². The van der Waals surface area contributed by atoms with Crippen molar-refractivity contribution in [3.63, 3.8) is 0 Å². The van der Waals surface area contributed by atoms with Gasteiger partial charge < -0.3 is 20.6 Å². The number of hydrogen-bond acceptors (Lipinski definition) is 4. The van der Waals surface area contributed by atoms with E-state index in [1.807, 2.05) is 11.9 Å². The zero-order valence-electron chi connectivity index (χ0n) is 11.6. The molecule has 1 unspecified atom stereocenters. The smallest absolute Gasteiger partial charge is 0.223 e. The van der Waals surface area contributed by atoms with Crippen LogP contribution in [0.15, 0.2) is 0 Å². The first-order chi connectivity index (χ1) is 8.32. The average molecular weight is 275 g/mol. The summed E-state index contributed by atoms with van der Waals surface area (Å²) in [6.07, 6.45) is 1.47. The summed E-state index contributed by atoms with van der Waals surface area (Å²) in [5.74, 6) is 0.0927. The predicted molar refractivity (Wildman–Crippen MR) is 77.5 cm³/mol. The molecule has 5 nitrogen and oxygen atoms in total. The average Bonchev–Trinajstić information content (AvgIpc) is 2.30. The van der Waals surface area contributed by atoms with E-state index in [0.717, 1.165) is 13.0 Å². The molecule has 0 aliphatic rings. The molecule has 0 aliphatic carbocycles. The number of rotatable bonds is 9. The summed E-state index contributed by atoms with van der Waals surface area (Å²) in [6, 6.07) is 0. The Morgan fingerprint density at radius 3 is 2.39 bits per heavy atom. The van der Waals surface area contributed by atoms with Crippen molar-refractivity contribution >= 4 is 23.1 Å². The molecule has 0 saturated heterocycles. The van der Waals surface area contributed by atoms with E-state index in [4.69, 9.17) is 23.1 Å². The highest BCUT2D eigenvalue weighted by molar-refractivity contribution is 7.80. The van der Waals surface area contributed by atoms with Crippen LogP contribution in [0.25, 0.3) is 0 Å². The van der Waals surface area contributed by atoms with Gasteiger partial charge >= 0.3 is 0 Å². The van der Waals surface area contributed by atoms with Gasteiger partial charge in [0, 0.05) is 39.5 Å². The third-order valence-electron chi connectivity index (χ3n) is 2.76. The highest BCUT2D eigenvalue weighted by Crippen LogP contribution is 1.98. The molecule has 6 heteroatoms. The van der Waals surface area contributed by atoms with Gasteiger partial charge in [-0.3, -0.25) is 4.79 Å². The summed E-state index contributed by atoms with van der Waals surface area (Å²) in [4.78, 5) is 15.9. The Labute approximate surface area is 115 Å². The van der Waals surface area contributed by atoms with E-state index in [-0.39, 0.29) is 12.0 Å². The van der Waals surface area contributed by atoms with Crippen molar-refractivity contribution in [2.24, 2.45) is 5.73 Å². The Bertz CT molecular complexity index is 272. The fraction of sp³-hybridized carbons (Fsp3) is 0.833. The van der Waals surface area contributed by atoms with Crippen LogP contribution >= 0.6 is 12.2 Å². The maximum Gasteiger partial charge on any atom is 0.223 e. The van der Waals surface area contributed by atoms with Gasteiger partial charge in [0.1, 0.15) is 0 Å². The zero-order chi connectivity index (χ0) is 14.1. The molecule has 0 rings (SSSR count). The topological polar surface area (TPSA) is 69.8 Å². The normalized spacial score (nSPS) is 12.5. The standard InChI is InChI=1S/C12H25N3O2S/c1-10(16)4-7-14(2)8-6-12(17)15(3)9-5-11(13)18/h10,16H,4-9H2,1-3H3,(H2,13,18). The molecule has 3 N–H and O–H groups in total. The van der Waals surface area contributed by atoms with Crippen LogP contribution < -0.4 is 5.73 Å². The van der Waals surface area contributed by atoms with E-state index in [0.29, 0.717) is 30.9 Å².